The first-order chi connectivity index (χ1) is 8.25. The summed E-state index contributed by atoms with van der Waals surface area (Å²) in [7, 11) is 1.72. The van der Waals surface area contributed by atoms with Gasteiger partial charge in [0, 0.05) is 19.7 Å². The van der Waals surface area contributed by atoms with Gasteiger partial charge in [0.05, 0.1) is 0 Å². The van der Waals surface area contributed by atoms with Gasteiger partial charge in [-0.3, -0.25) is 5.32 Å². The highest BCUT2D eigenvalue weighted by molar-refractivity contribution is 5.87. The smallest absolute Gasteiger partial charge is 0.323 e. The Kier molecular flexibility index (Phi) is 3.40. The van der Waals surface area contributed by atoms with Crippen molar-refractivity contribution in [3.63, 3.8) is 0 Å². The maximum absolute atomic E-state index is 11.7. The summed E-state index contributed by atoms with van der Waals surface area (Å²) in [6.45, 7) is 0.546. The molecule has 0 saturated carbocycles. The molecule has 0 aliphatic heterocycles. The maximum Gasteiger partial charge on any atom is 0.323 e. The van der Waals surface area contributed by atoms with Crippen LogP contribution in [0.1, 0.15) is 5.56 Å². The van der Waals surface area contributed by atoms with Crippen LogP contribution < -0.4 is 5.32 Å². The molecule has 2 amide bonds. The number of nitrogens with zero attached hydrogens (tertiary/aromatic N) is 2. The highest BCUT2D eigenvalue weighted by atomic mass is 16.5. The number of carbonyl (C=O) groups is 1. The molecule has 0 atom stereocenters. The molecule has 0 bridgehead atoms. The Morgan fingerprint density at radius 1 is 1.35 bits per heavy atom. The summed E-state index contributed by atoms with van der Waals surface area (Å²) in [5.41, 5.74) is 1.07. The predicted molar refractivity (Wildman–Crippen MR) is 63.4 cm³/mol. The van der Waals surface area contributed by atoms with Crippen LogP contribution in [-0.4, -0.2) is 23.1 Å². The number of carbonyl (C=O) groups excluding carboxylic acids is 1. The molecule has 1 aromatic heterocycles. The van der Waals surface area contributed by atoms with Crippen LogP contribution in [0.15, 0.2) is 47.2 Å². The van der Waals surface area contributed by atoms with Crippen LogP contribution >= 0.6 is 0 Å². The third kappa shape index (κ3) is 3.07. The van der Waals surface area contributed by atoms with E-state index in [9.17, 15) is 4.79 Å². The lowest BCUT2D eigenvalue weighted by molar-refractivity contribution is 0.220. The summed E-state index contributed by atoms with van der Waals surface area (Å²) in [6.07, 6.45) is 1.41. The quantitative estimate of drug-likeness (QED) is 0.882. The Labute approximate surface area is 99.0 Å². The van der Waals surface area contributed by atoms with Gasteiger partial charge in [-0.1, -0.05) is 35.5 Å². The van der Waals surface area contributed by atoms with Crippen LogP contribution in [0.4, 0.5) is 10.6 Å². The molecule has 2 rings (SSSR count). The van der Waals surface area contributed by atoms with E-state index in [2.05, 4.69) is 15.0 Å². The van der Waals surface area contributed by atoms with Crippen molar-refractivity contribution in [1.29, 1.82) is 0 Å². The summed E-state index contributed by atoms with van der Waals surface area (Å²) in [4.78, 5) is 13.3. The molecule has 5 nitrogen and oxygen atoms in total. The molecule has 0 fully saturated rings. The molecular weight excluding hydrogens is 218 g/mol. The maximum atomic E-state index is 11.7. The molecule has 0 aliphatic carbocycles. The van der Waals surface area contributed by atoms with E-state index in [1.54, 1.807) is 18.0 Å². The van der Waals surface area contributed by atoms with Gasteiger partial charge in [-0.15, -0.1) is 0 Å². The zero-order valence-electron chi connectivity index (χ0n) is 9.46. The van der Waals surface area contributed by atoms with Gasteiger partial charge in [0.2, 0.25) is 0 Å². The third-order valence-electron chi connectivity index (χ3n) is 2.28. The number of rotatable bonds is 3. The minimum atomic E-state index is -0.220. The fourth-order valence-electron chi connectivity index (χ4n) is 1.41. The van der Waals surface area contributed by atoms with Crippen LogP contribution in [0.2, 0.25) is 0 Å². The van der Waals surface area contributed by atoms with E-state index in [0.29, 0.717) is 12.4 Å². The van der Waals surface area contributed by atoms with Gasteiger partial charge >= 0.3 is 6.03 Å². The number of hydrogen-bond acceptors (Lipinski definition) is 3. The predicted octanol–water partition coefficient (Wildman–Crippen LogP) is 2.34. The van der Waals surface area contributed by atoms with Gasteiger partial charge in [0.15, 0.2) is 5.82 Å². The molecule has 0 radical (unpaired) electrons. The van der Waals surface area contributed by atoms with Gasteiger partial charge in [-0.05, 0) is 5.56 Å². The van der Waals surface area contributed by atoms with E-state index in [4.69, 9.17) is 0 Å². The third-order valence-corrected chi connectivity index (χ3v) is 2.28. The molecule has 0 spiro atoms. The van der Waals surface area contributed by atoms with E-state index in [1.165, 1.54) is 6.26 Å². The molecule has 0 unspecified atom stereocenters. The number of amides is 2. The fraction of sp³-hybridized carbons (Fsp3) is 0.167. The average molecular weight is 231 g/mol. The lowest BCUT2D eigenvalue weighted by Gasteiger charge is -2.16. The average Bonchev–Trinajstić information content (AvgIpc) is 2.83. The number of urea groups is 1. The first-order valence-corrected chi connectivity index (χ1v) is 5.22. The van der Waals surface area contributed by atoms with Gasteiger partial charge in [0.25, 0.3) is 0 Å². The van der Waals surface area contributed by atoms with Crippen molar-refractivity contribution in [3.05, 3.63) is 48.2 Å². The number of nitrogens with one attached hydrogen (secondary N) is 1. The van der Waals surface area contributed by atoms with E-state index in [-0.39, 0.29) is 6.03 Å². The summed E-state index contributed by atoms with van der Waals surface area (Å²) in [5.74, 6) is 0.412. The summed E-state index contributed by atoms with van der Waals surface area (Å²) in [5, 5.41) is 6.24. The number of benzene rings is 1. The SMILES string of the molecule is CN(Cc1ccccc1)C(=O)Nc1ccon1. The Bertz CT molecular complexity index is 468. The Morgan fingerprint density at radius 3 is 2.76 bits per heavy atom. The Balaban J connectivity index is 1.92. The monoisotopic (exact) mass is 231 g/mol. The molecule has 1 N–H and O–H groups in total. The summed E-state index contributed by atoms with van der Waals surface area (Å²) < 4.78 is 4.63. The van der Waals surface area contributed by atoms with Crippen LogP contribution in [0.5, 0.6) is 0 Å². The molecule has 1 heterocycles. The van der Waals surface area contributed by atoms with Gasteiger partial charge in [-0.2, -0.15) is 0 Å². The van der Waals surface area contributed by atoms with Crippen LogP contribution in [0.3, 0.4) is 0 Å². The molecule has 2 aromatic rings. The molecule has 5 heteroatoms. The zero-order valence-corrected chi connectivity index (χ0v) is 9.46. The lowest BCUT2D eigenvalue weighted by atomic mass is 10.2. The standard InChI is InChI=1S/C12H13N3O2/c1-15(9-10-5-3-2-4-6-10)12(16)13-11-7-8-17-14-11/h2-8H,9H2,1H3,(H,13,14,16). The van der Waals surface area contributed by atoms with E-state index in [1.807, 2.05) is 30.3 Å². The van der Waals surface area contributed by atoms with Gasteiger partial charge in [-0.25, -0.2) is 4.79 Å². The van der Waals surface area contributed by atoms with E-state index in [0.717, 1.165) is 5.56 Å². The number of aromatic nitrogens is 1. The topological polar surface area (TPSA) is 58.4 Å². The van der Waals surface area contributed by atoms with Crippen molar-refractivity contribution in [2.24, 2.45) is 0 Å². The molecule has 0 saturated heterocycles. The fourth-order valence-corrected chi connectivity index (χ4v) is 1.41. The number of hydrogen-bond donors (Lipinski definition) is 1. The lowest BCUT2D eigenvalue weighted by Crippen LogP contribution is -2.30. The zero-order chi connectivity index (χ0) is 12.1. The molecule has 0 aliphatic rings. The Hall–Kier alpha value is -2.30. The van der Waals surface area contributed by atoms with Crippen molar-refractivity contribution >= 4 is 11.8 Å². The normalized spacial score (nSPS) is 9.94. The van der Waals surface area contributed by atoms with Gasteiger partial charge < -0.3 is 9.42 Å². The van der Waals surface area contributed by atoms with Crippen LogP contribution in [0, 0.1) is 0 Å². The highest BCUT2D eigenvalue weighted by Crippen LogP contribution is 2.06. The second-order valence-electron chi connectivity index (χ2n) is 3.66. The van der Waals surface area contributed by atoms with Crippen molar-refractivity contribution < 1.29 is 9.32 Å². The number of anilines is 1. The molecular formula is C12H13N3O2. The summed E-state index contributed by atoms with van der Waals surface area (Å²) in [6, 6.07) is 11.1. The van der Waals surface area contributed by atoms with Crippen molar-refractivity contribution in [3.8, 4) is 0 Å². The Morgan fingerprint density at radius 2 is 2.12 bits per heavy atom. The molecule has 1 aromatic carbocycles. The van der Waals surface area contributed by atoms with Crippen LogP contribution in [-0.2, 0) is 6.54 Å². The van der Waals surface area contributed by atoms with E-state index >= 15 is 0 Å². The largest absolute Gasteiger partial charge is 0.363 e. The molecule has 88 valence electrons. The van der Waals surface area contributed by atoms with Crippen molar-refractivity contribution in [2.45, 2.75) is 6.54 Å². The minimum absolute atomic E-state index is 0.220. The first-order valence-electron chi connectivity index (χ1n) is 5.22. The van der Waals surface area contributed by atoms with Crippen molar-refractivity contribution in [1.82, 2.24) is 10.1 Å². The van der Waals surface area contributed by atoms with Crippen LogP contribution in [0.25, 0.3) is 0 Å². The first kappa shape index (κ1) is 11.2. The second-order valence-corrected chi connectivity index (χ2v) is 3.66. The second kappa shape index (κ2) is 5.16. The summed E-state index contributed by atoms with van der Waals surface area (Å²) >= 11 is 0. The minimum Gasteiger partial charge on any atom is -0.363 e. The van der Waals surface area contributed by atoms with Gasteiger partial charge in [0.1, 0.15) is 6.26 Å². The molecule has 17 heavy (non-hydrogen) atoms. The van der Waals surface area contributed by atoms with Crippen molar-refractivity contribution in [2.75, 3.05) is 12.4 Å². The van der Waals surface area contributed by atoms with E-state index < -0.39 is 0 Å². The highest BCUT2D eigenvalue weighted by Gasteiger charge is 2.10.